The van der Waals surface area contributed by atoms with Gasteiger partial charge < -0.3 is 5.32 Å². The van der Waals surface area contributed by atoms with Crippen molar-refractivity contribution in [2.75, 3.05) is 5.32 Å². The van der Waals surface area contributed by atoms with Gasteiger partial charge in [-0.3, -0.25) is 0 Å². The fourth-order valence-corrected chi connectivity index (χ4v) is 3.26. The molecular formula is C18H17N5S. The Labute approximate surface area is 144 Å². The summed E-state index contributed by atoms with van der Waals surface area (Å²) in [5.74, 6) is 0.760. The lowest BCUT2D eigenvalue weighted by Crippen LogP contribution is -1.94. The maximum absolute atomic E-state index is 4.61. The third kappa shape index (κ3) is 2.76. The number of fused-ring (bicyclic) bond motifs is 1. The first-order chi connectivity index (χ1) is 11.7. The highest BCUT2D eigenvalue weighted by molar-refractivity contribution is 7.20. The van der Waals surface area contributed by atoms with Crippen molar-refractivity contribution in [3.05, 3.63) is 59.7 Å². The van der Waals surface area contributed by atoms with E-state index in [0.717, 1.165) is 33.6 Å². The van der Waals surface area contributed by atoms with Gasteiger partial charge in [-0.1, -0.05) is 60.2 Å². The molecule has 120 valence electrons. The highest BCUT2D eigenvalue weighted by Crippen LogP contribution is 2.26. The Morgan fingerprint density at radius 3 is 2.46 bits per heavy atom. The van der Waals surface area contributed by atoms with Crippen molar-refractivity contribution in [2.45, 2.75) is 20.3 Å². The van der Waals surface area contributed by atoms with Gasteiger partial charge in [0.2, 0.25) is 10.1 Å². The van der Waals surface area contributed by atoms with Gasteiger partial charge in [0.05, 0.1) is 0 Å². The van der Waals surface area contributed by atoms with Gasteiger partial charge >= 0.3 is 0 Å². The minimum Gasteiger partial charge on any atom is -0.330 e. The van der Waals surface area contributed by atoms with Crippen molar-refractivity contribution in [2.24, 2.45) is 0 Å². The molecule has 2 aromatic carbocycles. The quantitative estimate of drug-likeness (QED) is 0.598. The molecule has 0 saturated heterocycles. The molecule has 6 heteroatoms. The average Bonchev–Trinajstić information content (AvgIpc) is 3.16. The summed E-state index contributed by atoms with van der Waals surface area (Å²) in [5, 5.41) is 17.2. The molecule has 2 heterocycles. The van der Waals surface area contributed by atoms with Crippen molar-refractivity contribution < 1.29 is 0 Å². The van der Waals surface area contributed by atoms with Crippen molar-refractivity contribution in [3.63, 3.8) is 0 Å². The third-order valence-electron chi connectivity index (χ3n) is 3.91. The van der Waals surface area contributed by atoms with E-state index in [1.807, 2.05) is 12.1 Å². The fraction of sp³-hybridized carbons (Fsp3) is 0.167. The van der Waals surface area contributed by atoms with Crippen LogP contribution in [0.1, 0.15) is 18.1 Å². The van der Waals surface area contributed by atoms with E-state index in [4.69, 9.17) is 0 Å². The lowest BCUT2D eigenvalue weighted by Gasteiger charge is -2.03. The smallest absolute Gasteiger partial charge is 0.236 e. The Morgan fingerprint density at radius 2 is 1.75 bits per heavy atom. The van der Waals surface area contributed by atoms with E-state index in [9.17, 15) is 0 Å². The maximum Gasteiger partial charge on any atom is 0.236 e. The SMILES string of the molecule is CCc1ccc(Nc2nn3c(-c4ccc(C)cc4)nnc3s2)cc1. The molecule has 0 amide bonds. The first kappa shape index (κ1) is 14.8. The largest absolute Gasteiger partial charge is 0.330 e. The highest BCUT2D eigenvalue weighted by atomic mass is 32.1. The summed E-state index contributed by atoms with van der Waals surface area (Å²) in [6.07, 6.45) is 1.04. The van der Waals surface area contributed by atoms with Crippen LogP contribution < -0.4 is 5.32 Å². The van der Waals surface area contributed by atoms with Crippen LogP contribution in [0.3, 0.4) is 0 Å². The third-order valence-corrected chi connectivity index (χ3v) is 4.73. The summed E-state index contributed by atoms with van der Waals surface area (Å²) < 4.78 is 1.79. The second-order valence-electron chi connectivity index (χ2n) is 5.67. The molecule has 0 aliphatic heterocycles. The molecule has 2 aromatic heterocycles. The maximum atomic E-state index is 4.61. The van der Waals surface area contributed by atoms with E-state index in [0.29, 0.717) is 0 Å². The van der Waals surface area contributed by atoms with Gasteiger partial charge in [0.25, 0.3) is 0 Å². The predicted octanol–water partition coefficient (Wildman–Crippen LogP) is 4.47. The molecule has 24 heavy (non-hydrogen) atoms. The Morgan fingerprint density at radius 1 is 1.00 bits per heavy atom. The summed E-state index contributed by atoms with van der Waals surface area (Å²) in [4.78, 5) is 0.776. The fourth-order valence-electron chi connectivity index (χ4n) is 2.50. The lowest BCUT2D eigenvalue weighted by molar-refractivity contribution is 0.970. The Hall–Kier alpha value is -2.73. The standard InChI is InChI=1S/C18H17N5S/c1-3-13-6-10-15(11-7-13)19-17-22-23-16(20-21-18(23)24-17)14-8-4-12(2)5-9-14/h4-11H,3H2,1-2H3,(H,19,22). The Bertz CT molecular complexity index is 967. The minimum absolute atomic E-state index is 0.760. The first-order valence-electron chi connectivity index (χ1n) is 7.88. The highest BCUT2D eigenvalue weighted by Gasteiger charge is 2.13. The van der Waals surface area contributed by atoms with Gasteiger partial charge in [0, 0.05) is 11.3 Å². The zero-order valence-corrected chi connectivity index (χ0v) is 14.3. The normalized spacial score (nSPS) is 11.1. The van der Waals surface area contributed by atoms with Gasteiger partial charge in [-0.05, 0) is 31.0 Å². The Balaban J connectivity index is 1.64. The molecular weight excluding hydrogens is 318 g/mol. The van der Waals surface area contributed by atoms with Crippen LogP contribution in [0.15, 0.2) is 48.5 Å². The molecule has 0 radical (unpaired) electrons. The number of hydrogen-bond donors (Lipinski definition) is 1. The van der Waals surface area contributed by atoms with E-state index in [1.54, 1.807) is 4.52 Å². The van der Waals surface area contributed by atoms with Crippen LogP contribution in [0.2, 0.25) is 0 Å². The van der Waals surface area contributed by atoms with Crippen LogP contribution in [0.4, 0.5) is 10.8 Å². The first-order valence-corrected chi connectivity index (χ1v) is 8.70. The van der Waals surface area contributed by atoms with E-state index < -0.39 is 0 Å². The average molecular weight is 335 g/mol. The minimum atomic E-state index is 0.760. The molecule has 4 rings (SSSR count). The van der Waals surface area contributed by atoms with Crippen LogP contribution in [0.25, 0.3) is 16.3 Å². The van der Waals surface area contributed by atoms with E-state index in [1.165, 1.54) is 22.5 Å². The molecule has 0 bridgehead atoms. The van der Waals surface area contributed by atoms with Crippen LogP contribution in [-0.2, 0) is 6.42 Å². The van der Waals surface area contributed by atoms with Gasteiger partial charge in [-0.25, -0.2) is 0 Å². The van der Waals surface area contributed by atoms with Crippen LogP contribution >= 0.6 is 11.3 Å². The van der Waals surface area contributed by atoms with Crippen molar-refractivity contribution in [1.82, 2.24) is 19.8 Å². The number of nitrogens with one attached hydrogen (secondary N) is 1. The number of rotatable bonds is 4. The second-order valence-corrected chi connectivity index (χ2v) is 6.62. The number of hydrogen-bond acceptors (Lipinski definition) is 5. The number of aromatic nitrogens is 4. The zero-order chi connectivity index (χ0) is 16.5. The molecule has 0 aliphatic carbocycles. The summed E-state index contributed by atoms with van der Waals surface area (Å²) in [7, 11) is 0. The monoisotopic (exact) mass is 335 g/mol. The zero-order valence-electron chi connectivity index (χ0n) is 13.5. The van der Waals surface area contributed by atoms with Gasteiger partial charge in [-0.2, -0.15) is 4.52 Å². The molecule has 0 spiro atoms. The molecule has 0 atom stereocenters. The van der Waals surface area contributed by atoms with E-state index >= 15 is 0 Å². The van der Waals surface area contributed by atoms with Gasteiger partial charge in [-0.15, -0.1) is 15.3 Å². The molecule has 5 nitrogen and oxygen atoms in total. The summed E-state index contributed by atoms with van der Waals surface area (Å²) >= 11 is 1.49. The second kappa shape index (κ2) is 6.05. The predicted molar refractivity (Wildman–Crippen MR) is 97.9 cm³/mol. The Kier molecular flexibility index (Phi) is 3.74. The number of nitrogens with zero attached hydrogens (tertiary/aromatic N) is 4. The summed E-state index contributed by atoms with van der Waals surface area (Å²) in [6.45, 7) is 4.22. The van der Waals surface area contributed by atoms with E-state index in [-0.39, 0.29) is 0 Å². The molecule has 0 saturated carbocycles. The number of benzene rings is 2. The van der Waals surface area contributed by atoms with Gasteiger partial charge in [0.1, 0.15) is 0 Å². The lowest BCUT2D eigenvalue weighted by atomic mass is 10.1. The molecule has 0 unspecified atom stereocenters. The van der Waals surface area contributed by atoms with Crippen molar-refractivity contribution in [3.8, 4) is 11.4 Å². The van der Waals surface area contributed by atoms with Crippen LogP contribution in [0, 0.1) is 6.92 Å². The van der Waals surface area contributed by atoms with Crippen molar-refractivity contribution >= 4 is 27.1 Å². The molecule has 0 fully saturated rings. The molecule has 0 aliphatic rings. The van der Waals surface area contributed by atoms with Crippen LogP contribution in [-0.4, -0.2) is 19.8 Å². The summed E-state index contributed by atoms with van der Waals surface area (Å²) in [5.41, 5.74) is 4.57. The number of aryl methyl sites for hydroxylation is 2. The molecule has 1 N–H and O–H groups in total. The summed E-state index contributed by atoms with van der Waals surface area (Å²) in [6, 6.07) is 16.6. The van der Waals surface area contributed by atoms with E-state index in [2.05, 4.69) is 70.9 Å². The van der Waals surface area contributed by atoms with Crippen molar-refractivity contribution in [1.29, 1.82) is 0 Å². The van der Waals surface area contributed by atoms with Gasteiger partial charge in [0.15, 0.2) is 5.82 Å². The molecule has 4 aromatic rings. The van der Waals surface area contributed by atoms with Crippen LogP contribution in [0.5, 0.6) is 0 Å². The topological polar surface area (TPSA) is 55.1 Å². The number of anilines is 2.